The van der Waals surface area contributed by atoms with E-state index in [-0.39, 0.29) is 17.7 Å². The molecule has 0 amide bonds. The number of halogens is 1. The van der Waals surface area contributed by atoms with E-state index in [0.29, 0.717) is 25.3 Å². The lowest BCUT2D eigenvalue weighted by atomic mass is 9.96. The molecule has 1 aromatic rings. The molecule has 21 heavy (non-hydrogen) atoms. The van der Waals surface area contributed by atoms with Gasteiger partial charge in [0.15, 0.2) is 0 Å². The summed E-state index contributed by atoms with van der Waals surface area (Å²) >= 11 is 0. The highest BCUT2D eigenvalue weighted by Crippen LogP contribution is 2.21. The van der Waals surface area contributed by atoms with Crippen LogP contribution in [0.1, 0.15) is 30.9 Å². The number of hydrogen-bond acceptors (Lipinski definition) is 4. The zero-order valence-corrected chi connectivity index (χ0v) is 12.5. The smallest absolute Gasteiger partial charge is 0.309 e. The van der Waals surface area contributed by atoms with Crippen LogP contribution in [0.2, 0.25) is 0 Å². The molecule has 0 aliphatic carbocycles. The monoisotopic (exact) mass is 294 g/mol. The molecule has 0 spiro atoms. The highest BCUT2D eigenvalue weighted by Gasteiger charge is 2.26. The average Bonchev–Trinajstić information content (AvgIpc) is 2.50. The van der Waals surface area contributed by atoms with Crippen molar-refractivity contribution in [3.8, 4) is 0 Å². The molecular formula is C16H23FN2O2. The van der Waals surface area contributed by atoms with Gasteiger partial charge in [0.2, 0.25) is 0 Å². The molecule has 0 bridgehead atoms. The minimum atomic E-state index is -0.195. The molecule has 116 valence electrons. The van der Waals surface area contributed by atoms with E-state index in [1.54, 1.807) is 6.07 Å². The van der Waals surface area contributed by atoms with Crippen molar-refractivity contribution in [2.75, 3.05) is 19.7 Å². The number of nitrogens with two attached hydrogens (primary N) is 1. The van der Waals surface area contributed by atoms with Gasteiger partial charge in [-0.1, -0.05) is 12.1 Å². The van der Waals surface area contributed by atoms with E-state index >= 15 is 0 Å². The average molecular weight is 294 g/mol. The summed E-state index contributed by atoms with van der Waals surface area (Å²) < 4.78 is 18.9. The molecule has 0 unspecified atom stereocenters. The van der Waals surface area contributed by atoms with Crippen LogP contribution >= 0.6 is 0 Å². The molecule has 0 atom stereocenters. The van der Waals surface area contributed by atoms with Crippen molar-refractivity contribution in [3.63, 3.8) is 0 Å². The maximum Gasteiger partial charge on any atom is 0.309 e. The van der Waals surface area contributed by atoms with Gasteiger partial charge in [0.05, 0.1) is 12.5 Å². The van der Waals surface area contributed by atoms with Gasteiger partial charge in [-0.05, 0) is 44.5 Å². The molecule has 1 aromatic carbocycles. The first kappa shape index (κ1) is 15.9. The Hall–Kier alpha value is -1.46. The fourth-order valence-corrected chi connectivity index (χ4v) is 2.70. The van der Waals surface area contributed by atoms with Gasteiger partial charge in [0.1, 0.15) is 5.82 Å². The van der Waals surface area contributed by atoms with Crippen LogP contribution in [0.25, 0.3) is 0 Å². The largest absolute Gasteiger partial charge is 0.466 e. The van der Waals surface area contributed by atoms with E-state index < -0.39 is 0 Å². The normalized spacial score (nSPS) is 16.9. The van der Waals surface area contributed by atoms with Crippen LogP contribution in [0.15, 0.2) is 18.2 Å². The molecule has 1 aliphatic heterocycles. The minimum Gasteiger partial charge on any atom is -0.466 e. The zero-order valence-electron chi connectivity index (χ0n) is 12.5. The second kappa shape index (κ2) is 7.52. The summed E-state index contributed by atoms with van der Waals surface area (Å²) in [6.45, 7) is 4.80. The van der Waals surface area contributed by atoms with Gasteiger partial charge in [0, 0.05) is 18.7 Å². The highest BCUT2D eigenvalue weighted by molar-refractivity contribution is 5.72. The number of rotatable bonds is 5. The quantitative estimate of drug-likeness (QED) is 0.845. The molecular weight excluding hydrogens is 271 g/mol. The Kier molecular flexibility index (Phi) is 5.70. The standard InChI is InChI=1S/C16H23FN2O2/c1-2-21-16(20)13-5-7-19(8-6-13)11-14-9-12(10-18)3-4-15(14)17/h3-4,9,13H,2,5-8,10-11,18H2,1H3. The number of nitrogens with zero attached hydrogens (tertiary/aromatic N) is 1. The van der Waals surface area contributed by atoms with Crippen LogP contribution in [-0.4, -0.2) is 30.6 Å². The van der Waals surface area contributed by atoms with Crippen LogP contribution in [0.5, 0.6) is 0 Å². The molecule has 1 saturated heterocycles. The molecule has 5 heteroatoms. The van der Waals surface area contributed by atoms with E-state index in [2.05, 4.69) is 4.90 Å². The van der Waals surface area contributed by atoms with E-state index in [1.165, 1.54) is 6.07 Å². The lowest BCUT2D eigenvalue weighted by Crippen LogP contribution is -2.36. The number of carbonyl (C=O) groups excluding carboxylic acids is 1. The second-order valence-corrected chi connectivity index (χ2v) is 5.43. The number of ether oxygens (including phenoxy) is 1. The Morgan fingerprint density at radius 3 is 2.76 bits per heavy atom. The summed E-state index contributed by atoms with van der Waals surface area (Å²) in [5.74, 6) is -0.311. The van der Waals surface area contributed by atoms with Gasteiger partial charge in [0.25, 0.3) is 0 Å². The van der Waals surface area contributed by atoms with Gasteiger partial charge < -0.3 is 10.5 Å². The molecule has 2 N–H and O–H groups in total. The third-order valence-electron chi connectivity index (χ3n) is 3.95. The first-order valence-corrected chi connectivity index (χ1v) is 7.50. The Bertz CT molecular complexity index is 485. The lowest BCUT2D eigenvalue weighted by Gasteiger charge is -2.30. The van der Waals surface area contributed by atoms with Gasteiger partial charge in [-0.15, -0.1) is 0 Å². The number of likely N-dealkylation sites (tertiary alicyclic amines) is 1. The summed E-state index contributed by atoms with van der Waals surface area (Å²) in [7, 11) is 0. The zero-order chi connectivity index (χ0) is 15.2. The summed E-state index contributed by atoms with van der Waals surface area (Å²) in [6.07, 6.45) is 1.55. The fraction of sp³-hybridized carbons (Fsp3) is 0.562. The first-order valence-electron chi connectivity index (χ1n) is 7.50. The van der Waals surface area contributed by atoms with E-state index in [4.69, 9.17) is 10.5 Å². The summed E-state index contributed by atoms with van der Waals surface area (Å²) in [6, 6.07) is 5.02. The van der Waals surface area contributed by atoms with Crippen LogP contribution in [0, 0.1) is 11.7 Å². The second-order valence-electron chi connectivity index (χ2n) is 5.43. The molecule has 1 heterocycles. The van der Waals surface area contributed by atoms with Crippen LogP contribution in [0.3, 0.4) is 0 Å². The van der Waals surface area contributed by atoms with Crippen molar-refractivity contribution in [3.05, 3.63) is 35.1 Å². The molecule has 1 fully saturated rings. The first-order chi connectivity index (χ1) is 10.1. The maximum atomic E-state index is 13.8. The predicted molar refractivity (Wildman–Crippen MR) is 78.9 cm³/mol. The van der Waals surface area contributed by atoms with E-state index in [1.807, 2.05) is 13.0 Å². The topological polar surface area (TPSA) is 55.6 Å². The molecule has 4 nitrogen and oxygen atoms in total. The van der Waals surface area contributed by atoms with Crippen molar-refractivity contribution in [2.24, 2.45) is 11.7 Å². The minimum absolute atomic E-state index is 0.0126. The Labute approximate surface area is 125 Å². The number of hydrogen-bond donors (Lipinski definition) is 1. The molecule has 0 aromatic heterocycles. The van der Waals surface area contributed by atoms with Crippen molar-refractivity contribution in [1.29, 1.82) is 0 Å². The van der Waals surface area contributed by atoms with Crippen molar-refractivity contribution < 1.29 is 13.9 Å². The Balaban J connectivity index is 1.90. The molecule has 1 aliphatic rings. The van der Waals surface area contributed by atoms with Crippen LogP contribution < -0.4 is 5.73 Å². The maximum absolute atomic E-state index is 13.8. The third-order valence-corrected chi connectivity index (χ3v) is 3.95. The fourth-order valence-electron chi connectivity index (χ4n) is 2.70. The van der Waals surface area contributed by atoms with E-state index in [0.717, 1.165) is 31.5 Å². The molecule has 0 saturated carbocycles. The van der Waals surface area contributed by atoms with E-state index in [9.17, 15) is 9.18 Å². The van der Waals surface area contributed by atoms with Gasteiger partial charge in [-0.2, -0.15) is 0 Å². The van der Waals surface area contributed by atoms with Crippen molar-refractivity contribution in [1.82, 2.24) is 4.90 Å². The number of esters is 1. The number of benzene rings is 1. The SMILES string of the molecule is CCOC(=O)C1CCN(Cc2cc(CN)ccc2F)CC1. The summed E-state index contributed by atoms with van der Waals surface area (Å²) in [5.41, 5.74) is 7.21. The van der Waals surface area contributed by atoms with Gasteiger partial charge in [-0.25, -0.2) is 4.39 Å². The molecule has 2 rings (SSSR count). The lowest BCUT2D eigenvalue weighted by molar-refractivity contribution is -0.149. The Morgan fingerprint density at radius 2 is 2.14 bits per heavy atom. The number of carbonyl (C=O) groups is 1. The Morgan fingerprint density at radius 1 is 1.43 bits per heavy atom. The van der Waals surface area contributed by atoms with Crippen LogP contribution in [-0.2, 0) is 22.6 Å². The van der Waals surface area contributed by atoms with Gasteiger partial charge >= 0.3 is 5.97 Å². The van der Waals surface area contributed by atoms with Crippen molar-refractivity contribution >= 4 is 5.97 Å². The van der Waals surface area contributed by atoms with Crippen molar-refractivity contribution in [2.45, 2.75) is 32.9 Å². The highest BCUT2D eigenvalue weighted by atomic mass is 19.1. The summed E-state index contributed by atoms with van der Waals surface area (Å²) in [5, 5.41) is 0. The molecule has 0 radical (unpaired) electrons. The summed E-state index contributed by atoms with van der Waals surface area (Å²) in [4.78, 5) is 13.9. The van der Waals surface area contributed by atoms with Crippen LogP contribution in [0.4, 0.5) is 4.39 Å². The van der Waals surface area contributed by atoms with Gasteiger partial charge in [-0.3, -0.25) is 9.69 Å². The third kappa shape index (κ3) is 4.25. The predicted octanol–water partition coefficient (Wildman–Crippen LogP) is 2.06. The number of piperidine rings is 1.